The summed E-state index contributed by atoms with van der Waals surface area (Å²) in [6.07, 6.45) is 0. The third-order valence-electron chi connectivity index (χ3n) is 17.5. The van der Waals surface area contributed by atoms with E-state index >= 15 is 0 Å². The zero-order chi connectivity index (χ0) is 51.8. The van der Waals surface area contributed by atoms with E-state index in [1.807, 2.05) is 48.5 Å². The van der Waals surface area contributed by atoms with Crippen LogP contribution in [0.4, 0.5) is 28.4 Å². The number of hydrogen-bond donors (Lipinski definition) is 0. The number of benzene rings is 14. The molecule has 0 radical (unpaired) electrons. The Labute approximate surface area is 451 Å². The summed E-state index contributed by atoms with van der Waals surface area (Å²) in [6.45, 7) is 15.6. The van der Waals surface area contributed by atoms with Gasteiger partial charge < -0.3 is 14.0 Å². The normalized spacial score (nSPS) is 12.3. The van der Waals surface area contributed by atoms with Gasteiger partial charge in [0.25, 0.3) is 0 Å². The summed E-state index contributed by atoms with van der Waals surface area (Å²) in [5, 5.41) is 27.1. The highest BCUT2D eigenvalue weighted by molar-refractivity contribution is 6.48. The number of fused-ring (bicyclic) bond motifs is 14. The Balaban J connectivity index is 1.11. The summed E-state index contributed by atoms with van der Waals surface area (Å²) < 4.78 is 5.20. The monoisotopic (exact) mass is 997 g/mol. The molecule has 0 aliphatic heterocycles. The first-order valence-corrected chi connectivity index (χ1v) is 26.8. The van der Waals surface area contributed by atoms with Crippen molar-refractivity contribution in [3.05, 3.63) is 259 Å². The molecule has 79 heavy (non-hydrogen) atoms. The van der Waals surface area contributed by atoms with Crippen LogP contribution in [0.25, 0.3) is 162 Å². The van der Waals surface area contributed by atoms with Crippen molar-refractivity contribution in [2.24, 2.45) is 0 Å². The minimum Gasteiger partial charge on any atom is -0.310 e. The highest BCUT2D eigenvalue weighted by Crippen LogP contribution is 2.57. The molecule has 0 N–H and O–H groups in total. The number of hydrogen-bond acceptors (Lipinski definition) is 1. The van der Waals surface area contributed by atoms with Gasteiger partial charge in [-0.3, -0.25) is 0 Å². The van der Waals surface area contributed by atoms with Crippen LogP contribution in [-0.4, -0.2) is 9.13 Å². The van der Waals surface area contributed by atoms with Crippen LogP contribution in [0, 0.1) is 13.1 Å². The van der Waals surface area contributed by atoms with Crippen molar-refractivity contribution >= 4 is 169 Å². The second-order valence-electron chi connectivity index (χ2n) is 21.2. The molecule has 0 bridgehead atoms. The molecule has 0 spiro atoms. The molecule has 0 amide bonds. The number of anilines is 3. The third-order valence-corrected chi connectivity index (χ3v) is 17.5. The summed E-state index contributed by atoms with van der Waals surface area (Å²) in [6, 6.07) is 86.3. The first-order chi connectivity index (χ1) is 39.2. The lowest BCUT2D eigenvalue weighted by Crippen LogP contribution is -2.10. The van der Waals surface area contributed by atoms with Crippen LogP contribution in [0.5, 0.6) is 0 Å². The van der Waals surface area contributed by atoms with Gasteiger partial charge in [0.1, 0.15) is 0 Å². The molecule has 2 aromatic heterocycles. The Kier molecular flexibility index (Phi) is 8.20. The van der Waals surface area contributed by atoms with Crippen LogP contribution < -0.4 is 4.90 Å². The van der Waals surface area contributed by atoms with Gasteiger partial charge in [-0.15, -0.1) is 0 Å². The molecule has 18 aromatic rings. The summed E-state index contributed by atoms with van der Waals surface area (Å²) in [5.41, 5.74) is 11.0. The first-order valence-electron chi connectivity index (χ1n) is 26.8. The molecule has 0 atom stereocenters. The van der Waals surface area contributed by atoms with Crippen LogP contribution in [0.3, 0.4) is 0 Å². The molecule has 0 saturated carbocycles. The van der Waals surface area contributed by atoms with E-state index in [9.17, 15) is 0 Å². The maximum absolute atomic E-state index is 7.81. The molecule has 5 heteroatoms. The van der Waals surface area contributed by atoms with Crippen molar-refractivity contribution in [3.63, 3.8) is 0 Å². The SMILES string of the molecule is [C-]#[N+]c1ccc(N(c2ccc([N+]#[C-])cc2)c2ccc3c4c(-n5c6ccccc6c6ccccc65)c5c6ccc7c8cccc9cccc(c%10ccc(c5c(-n5c%11ccccc%11c%11ccccc%115)c4c4cccc2c43)c6c%107)c98)cc1. The second kappa shape index (κ2) is 15.3. The van der Waals surface area contributed by atoms with E-state index in [-0.39, 0.29) is 0 Å². The molecule has 5 nitrogen and oxygen atoms in total. The summed E-state index contributed by atoms with van der Waals surface area (Å²) >= 11 is 0. The minimum absolute atomic E-state index is 0.579. The van der Waals surface area contributed by atoms with Crippen molar-refractivity contribution in [1.82, 2.24) is 9.13 Å². The van der Waals surface area contributed by atoms with Crippen LogP contribution in [-0.2, 0) is 0 Å². The lowest BCUT2D eigenvalue weighted by Gasteiger charge is -2.27. The summed E-state index contributed by atoms with van der Waals surface area (Å²) in [4.78, 5) is 9.80. The molecular weight excluding hydrogens is 959 g/mol. The molecule has 16 aromatic carbocycles. The second-order valence-corrected chi connectivity index (χ2v) is 21.2. The minimum atomic E-state index is 0.579. The maximum Gasteiger partial charge on any atom is 0.187 e. The van der Waals surface area contributed by atoms with Gasteiger partial charge in [-0.2, -0.15) is 0 Å². The Bertz CT molecular complexity index is 5330. The van der Waals surface area contributed by atoms with E-state index in [0.717, 1.165) is 44.5 Å². The molecule has 2 heterocycles. The highest BCUT2D eigenvalue weighted by atomic mass is 15.1. The lowest BCUT2D eigenvalue weighted by atomic mass is 9.89. The van der Waals surface area contributed by atoms with Gasteiger partial charge in [0.05, 0.1) is 52.3 Å². The van der Waals surface area contributed by atoms with Crippen LogP contribution >= 0.6 is 0 Å². The molecule has 360 valence electrons. The fourth-order valence-electron chi connectivity index (χ4n) is 14.5. The van der Waals surface area contributed by atoms with Crippen LogP contribution in [0.15, 0.2) is 237 Å². The average molecular weight is 998 g/mol. The molecule has 0 unspecified atom stereocenters. The van der Waals surface area contributed by atoms with Gasteiger partial charge in [-0.05, 0) is 125 Å². The number of rotatable bonds is 5. The van der Waals surface area contributed by atoms with Crippen molar-refractivity contribution in [2.45, 2.75) is 0 Å². The Morgan fingerprint density at radius 1 is 0.253 bits per heavy atom. The van der Waals surface area contributed by atoms with Gasteiger partial charge in [0.15, 0.2) is 11.4 Å². The molecule has 0 aliphatic carbocycles. The van der Waals surface area contributed by atoms with E-state index in [1.165, 1.54) is 124 Å². The van der Waals surface area contributed by atoms with Crippen molar-refractivity contribution in [3.8, 4) is 11.4 Å². The quantitative estimate of drug-likeness (QED) is 0.0957. The van der Waals surface area contributed by atoms with E-state index in [0.29, 0.717) is 11.4 Å². The summed E-state index contributed by atoms with van der Waals surface area (Å²) in [7, 11) is 0. The molecule has 0 fully saturated rings. The van der Waals surface area contributed by atoms with Gasteiger partial charge in [-0.25, -0.2) is 9.69 Å². The first kappa shape index (κ1) is 42.3. The van der Waals surface area contributed by atoms with Crippen molar-refractivity contribution in [1.29, 1.82) is 0 Å². The number of nitrogens with zero attached hydrogens (tertiary/aromatic N) is 5. The van der Waals surface area contributed by atoms with Gasteiger partial charge in [0.2, 0.25) is 0 Å². The lowest BCUT2D eigenvalue weighted by molar-refractivity contribution is 1.20. The van der Waals surface area contributed by atoms with E-state index in [1.54, 1.807) is 0 Å². The Morgan fingerprint density at radius 3 is 1.04 bits per heavy atom. The van der Waals surface area contributed by atoms with E-state index < -0.39 is 0 Å². The predicted molar refractivity (Wildman–Crippen MR) is 333 cm³/mol. The Morgan fingerprint density at radius 2 is 0.582 bits per heavy atom. The maximum atomic E-state index is 7.81. The largest absolute Gasteiger partial charge is 0.310 e. The van der Waals surface area contributed by atoms with Crippen molar-refractivity contribution in [2.75, 3.05) is 4.90 Å². The number of aromatic nitrogens is 2. The fourth-order valence-corrected chi connectivity index (χ4v) is 14.5. The predicted octanol–water partition coefficient (Wildman–Crippen LogP) is 21.1. The fraction of sp³-hybridized carbons (Fsp3) is 0. The van der Waals surface area contributed by atoms with E-state index in [2.05, 4.69) is 212 Å². The number of para-hydroxylation sites is 4. The molecule has 18 rings (SSSR count). The molecule has 0 aliphatic rings. The van der Waals surface area contributed by atoms with Gasteiger partial charge in [-0.1, -0.05) is 182 Å². The molecular formula is C74H39N5. The van der Waals surface area contributed by atoms with E-state index in [4.69, 9.17) is 13.1 Å². The highest BCUT2D eigenvalue weighted by Gasteiger charge is 2.32. The van der Waals surface area contributed by atoms with Crippen molar-refractivity contribution < 1.29 is 0 Å². The van der Waals surface area contributed by atoms with Crippen LogP contribution in [0.2, 0.25) is 0 Å². The standard InChI is InChI=1S/C74H39N5/c1-75-43-28-32-45(33-29-43)77(46-34-30-44(76-2)31-35-46)64-41-40-57-66-55(64)22-13-23-56(66)69-70(57)74(79-62-26-9-5-18-49(62)50-19-6-10-27-63(50)79)72-59-39-37-54-52-21-12-15-42-14-11-20-51(65(42)52)53-36-38-58(68(59)67(53)54)71(72)73(69)78-60-24-7-3-16-47(60)48-17-4-8-25-61(48)78/h3-41H. The summed E-state index contributed by atoms with van der Waals surface area (Å²) in [5.74, 6) is 0. The van der Waals surface area contributed by atoms with Gasteiger partial charge >= 0.3 is 0 Å². The Hall–Kier alpha value is -11.0. The zero-order valence-corrected chi connectivity index (χ0v) is 42.3. The third kappa shape index (κ3) is 5.36. The average Bonchev–Trinajstić information content (AvgIpc) is 2.79. The van der Waals surface area contributed by atoms with Crippen LogP contribution in [0.1, 0.15) is 0 Å². The topological polar surface area (TPSA) is 21.8 Å². The molecule has 0 saturated heterocycles. The van der Waals surface area contributed by atoms with Gasteiger partial charge in [0, 0.05) is 59.9 Å². The smallest absolute Gasteiger partial charge is 0.187 e. The zero-order valence-electron chi connectivity index (χ0n) is 42.3.